The SMILES string of the molecule is CN(C1CCC1)S(=O)(=O)c1ccc(S(N)(=O)=O)cc1. The molecular weight excluding hydrogens is 288 g/mol. The molecule has 0 atom stereocenters. The minimum Gasteiger partial charge on any atom is -0.225 e. The third kappa shape index (κ3) is 2.81. The molecular formula is C11H16N2O4S2. The molecule has 0 bridgehead atoms. The molecule has 2 rings (SSSR count). The van der Waals surface area contributed by atoms with Crippen LogP contribution in [0.3, 0.4) is 0 Å². The quantitative estimate of drug-likeness (QED) is 0.876. The maximum Gasteiger partial charge on any atom is 0.243 e. The third-order valence-corrected chi connectivity index (χ3v) is 6.27. The summed E-state index contributed by atoms with van der Waals surface area (Å²) < 4.78 is 48.1. The first-order valence-electron chi connectivity index (χ1n) is 5.84. The van der Waals surface area contributed by atoms with E-state index in [9.17, 15) is 16.8 Å². The molecule has 1 aliphatic carbocycles. The van der Waals surface area contributed by atoms with Crippen molar-refractivity contribution in [2.45, 2.75) is 35.1 Å². The smallest absolute Gasteiger partial charge is 0.225 e. The number of hydrogen-bond donors (Lipinski definition) is 1. The van der Waals surface area contributed by atoms with E-state index in [0.717, 1.165) is 19.3 Å². The second kappa shape index (κ2) is 4.86. The Morgan fingerprint density at radius 2 is 1.53 bits per heavy atom. The summed E-state index contributed by atoms with van der Waals surface area (Å²) in [5.74, 6) is 0. The summed E-state index contributed by atoms with van der Waals surface area (Å²) in [4.78, 5) is -0.0213. The zero-order chi connectivity index (χ0) is 14.3. The lowest BCUT2D eigenvalue weighted by Gasteiger charge is -2.33. The molecule has 19 heavy (non-hydrogen) atoms. The number of hydrogen-bond acceptors (Lipinski definition) is 4. The molecule has 0 saturated heterocycles. The first-order chi connectivity index (χ1) is 8.73. The topological polar surface area (TPSA) is 97.5 Å². The highest BCUT2D eigenvalue weighted by atomic mass is 32.2. The average molecular weight is 304 g/mol. The van der Waals surface area contributed by atoms with Crippen LogP contribution in [0.15, 0.2) is 34.1 Å². The van der Waals surface area contributed by atoms with E-state index < -0.39 is 20.0 Å². The number of nitrogens with two attached hydrogens (primary N) is 1. The van der Waals surface area contributed by atoms with Gasteiger partial charge in [-0.1, -0.05) is 6.42 Å². The minimum atomic E-state index is -3.80. The Balaban J connectivity index is 2.31. The lowest BCUT2D eigenvalue weighted by Crippen LogP contribution is -2.41. The van der Waals surface area contributed by atoms with E-state index in [0.29, 0.717) is 0 Å². The molecule has 1 aromatic carbocycles. The molecule has 6 nitrogen and oxygen atoms in total. The summed E-state index contributed by atoms with van der Waals surface area (Å²) in [5.41, 5.74) is 0. The molecule has 2 N–H and O–H groups in total. The standard InChI is InChI=1S/C11H16N2O4S2/c1-13(9-3-2-4-9)19(16,17)11-7-5-10(6-8-11)18(12,14)15/h5-9H,2-4H2,1H3,(H2,12,14,15). The van der Waals surface area contributed by atoms with Gasteiger partial charge in [0.05, 0.1) is 9.79 Å². The molecule has 1 fully saturated rings. The Hall–Kier alpha value is -0.960. The van der Waals surface area contributed by atoms with Gasteiger partial charge in [0.15, 0.2) is 0 Å². The van der Waals surface area contributed by atoms with Crippen LogP contribution in [0.25, 0.3) is 0 Å². The summed E-state index contributed by atoms with van der Waals surface area (Å²) in [6.45, 7) is 0. The van der Waals surface area contributed by atoms with E-state index in [1.165, 1.54) is 28.6 Å². The van der Waals surface area contributed by atoms with E-state index in [1.807, 2.05) is 0 Å². The maximum atomic E-state index is 12.3. The van der Waals surface area contributed by atoms with Gasteiger partial charge in [0.1, 0.15) is 0 Å². The fourth-order valence-electron chi connectivity index (χ4n) is 1.91. The van der Waals surface area contributed by atoms with Crippen LogP contribution in [0.5, 0.6) is 0 Å². The summed E-state index contributed by atoms with van der Waals surface area (Å²) in [7, 11) is -5.82. The Bertz CT molecular complexity index is 661. The van der Waals surface area contributed by atoms with Crippen LogP contribution in [-0.2, 0) is 20.0 Å². The second-order valence-corrected chi connectivity index (χ2v) is 8.18. The van der Waals surface area contributed by atoms with E-state index in [4.69, 9.17) is 5.14 Å². The van der Waals surface area contributed by atoms with Crippen molar-refractivity contribution in [3.8, 4) is 0 Å². The molecule has 0 aromatic heterocycles. The average Bonchev–Trinajstić information content (AvgIpc) is 2.25. The van der Waals surface area contributed by atoms with Crippen LogP contribution in [0, 0.1) is 0 Å². The largest absolute Gasteiger partial charge is 0.243 e. The number of nitrogens with zero attached hydrogens (tertiary/aromatic N) is 1. The first kappa shape index (κ1) is 14.4. The van der Waals surface area contributed by atoms with Crippen LogP contribution in [-0.4, -0.2) is 34.2 Å². The Labute approximate surface area is 113 Å². The minimum absolute atomic E-state index is 0.0444. The summed E-state index contributed by atoms with van der Waals surface area (Å²) >= 11 is 0. The van der Waals surface area contributed by atoms with Crippen LogP contribution in [0.1, 0.15) is 19.3 Å². The zero-order valence-corrected chi connectivity index (χ0v) is 12.1. The molecule has 0 unspecified atom stereocenters. The van der Waals surface area contributed by atoms with Gasteiger partial charge in [-0.25, -0.2) is 22.0 Å². The molecule has 1 saturated carbocycles. The Kier molecular flexibility index (Phi) is 3.69. The van der Waals surface area contributed by atoms with Gasteiger partial charge < -0.3 is 0 Å². The Morgan fingerprint density at radius 3 is 1.89 bits per heavy atom. The molecule has 1 aliphatic rings. The van der Waals surface area contributed by atoms with Gasteiger partial charge in [0, 0.05) is 13.1 Å². The van der Waals surface area contributed by atoms with Crippen LogP contribution in [0.2, 0.25) is 0 Å². The summed E-state index contributed by atoms with van der Waals surface area (Å²) in [6, 6.07) is 4.99. The van der Waals surface area contributed by atoms with Crippen molar-refractivity contribution in [1.29, 1.82) is 0 Å². The fraction of sp³-hybridized carbons (Fsp3) is 0.455. The van der Waals surface area contributed by atoms with Gasteiger partial charge in [0.2, 0.25) is 20.0 Å². The van der Waals surface area contributed by atoms with Crippen molar-refractivity contribution in [3.63, 3.8) is 0 Å². The van der Waals surface area contributed by atoms with Gasteiger partial charge in [-0.3, -0.25) is 0 Å². The van der Waals surface area contributed by atoms with Crippen molar-refractivity contribution in [1.82, 2.24) is 4.31 Å². The normalized spacial score (nSPS) is 17.4. The molecule has 0 amide bonds. The predicted octanol–water partition coefficient (Wildman–Crippen LogP) is 0.507. The monoisotopic (exact) mass is 304 g/mol. The van der Waals surface area contributed by atoms with Crippen LogP contribution in [0.4, 0.5) is 0 Å². The molecule has 0 radical (unpaired) electrons. The lowest BCUT2D eigenvalue weighted by atomic mass is 9.94. The zero-order valence-electron chi connectivity index (χ0n) is 10.5. The van der Waals surface area contributed by atoms with Crippen molar-refractivity contribution < 1.29 is 16.8 Å². The molecule has 106 valence electrons. The van der Waals surface area contributed by atoms with Crippen molar-refractivity contribution in [2.75, 3.05) is 7.05 Å². The fourth-order valence-corrected chi connectivity index (χ4v) is 3.85. The molecule has 0 spiro atoms. The van der Waals surface area contributed by atoms with Gasteiger partial charge in [0.25, 0.3) is 0 Å². The predicted molar refractivity (Wildman–Crippen MR) is 70.4 cm³/mol. The number of sulfonamides is 2. The highest BCUT2D eigenvalue weighted by molar-refractivity contribution is 7.89. The third-order valence-electron chi connectivity index (χ3n) is 3.42. The van der Waals surface area contributed by atoms with E-state index >= 15 is 0 Å². The number of primary sulfonamides is 1. The maximum absolute atomic E-state index is 12.3. The van der Waals surface area contributed by atoms with Gasteiger partial charge in [-0.15, -0.1) is 0 Å². The van der Waals surface area contributed by atoms with E-state index in [1.54, 1.807) is 7.05 Å². The molecule has 8 heteroatoms. The first-order valence-corrected chi connectivity index (χ1v) is 8.82. The molecule has 0 aliphatic heterocycles. The highest BCUT2D eigenvalue weighted by Crippen LogP contribution is 2.28. The van der Waals surface area contributed by atoms with Crippen LogP contribution >= 0.6 is 0 Å². The Morgan fingerprint density at radius 1 is 1.05 bits per heavy atom. The van der Waals surface area contributed by atoms with Gasteiger partial charge >= 0.3 is 0 Å². The summed E-state index contributed by atoms with van der Waals surface area (Å²) in [5, 5.41) is 4.97. The molecule has 1 aromatic rings. The van der Waals surface area contributed by atoms with Crippen molar-refractivity contribution >= 4 is 20.0 Å². The molecule has 0 heterocycles. The number of benzene rings is 1. The highest BCUT2D eigenvalue weighted by Gasteiger charge is 2.31. The van der Waals surface area contributed by atoms with Gasteiger partial charge in [-0.05, 0) is 37.1 Å². The number of rotatable bonds is 4. The van der Waals surface area contributed by atoms with Gasteiger partial charge in [-0.2, -0.15) is 4.31 Å². The van der Waals surface area contributed by atoms with Crippen molar-refractivity contribution in [3.05, 3.63) is 24.3 Å². The second-order valence-electron chi connectivity index (χ2n) is 4.62. The summed E-state index contributed by atoms with van der Waals surface area (Å²) in [6.07, 6.45) is 2.77. The van der Waals surface area contributed by atoms with E-state index in [-0.39, 0.29) is 15.8 Å². The van der Waals surface area contributed by atoms with Crippen molar-refractivity contribution in [2.24, 2.45) is 5.14 Å². The van der Waals surface area contributed by atoms with E-state index in [2.05, 4.69) is 0 Å². The lowest BCUT2D eigenvalue weighted by molar-refractivity contribution is 0.249. The van der Waals surface area contributed by atoms with Crippen LogP contribution < -0.4 is 5.14 Å².